The van der Waals surface area contributed by atoms with Crippen LogP contribution in [0, 0.1) is 0 Å². The first-order valence-electron chi connectivity index (χ1n) is 8.40. The SMILES string of the molecule is CCC(=O)Nc1cc(-c2nc3cc(C(C)C)ccc3o2)ccc1OC. The van der Waals surface area contributed by atoms with Crippen molar-refractivity contribution in [3.05, 3.63) is 42.0 Å². The fourth-order valence-electron chi connectivity index (χ4n) is 2.60. The molecule has 0 bridgehead atoms. The largest absolute Gasteiger partial charge is 0.495 e. The number of nitrogens with one attached hydrogen (secondary N) is 1. The highest BCUT2D eigenvalue weighted by molar-refractivity contribution is 5.93. The molecule has 0 aliphatic rings. The van der Waals surface area contributed by atoms with Gasteiger partial charge in [0.15, 0.2) is 5.58 Å². The molecular weight excluding hydrogens is 316 g/mol. The summed E-state index contributed by atoms with van der Waals surface area (Å²) in [6.45, 7) is 6.10. The van der Waals surface area contributed by atoms with Crippen LogP contribution in [-0.2, 0) is 4.79 Å². The van der Waals surface area contributed by atoms with Crippen molar-refractivity contribution in [2.75, 3.05) is 12.4 Å². The van der Waals surface area contributed by atoms with Gasteiger partial charge in [-0.15, -0.1) is 0 Å². The Kier molecular flexibility index (Phi) is 4.74. The molecule has 0 unspecified atom stereocenters. The van der Waals surface area contributed by atoms with Crippen LogP contribution in [0.5, 0.6) is 5.75 Å². The van der Waals surface area contributed by atoms with Crippen LogP contribution in [0.1, 0.15) is 38.7 Å². The van der Waals surface area contributed by atoms with E-state index in [0.717, 1.165) is 16.7 Å². The first kappa shape index (κ1) is 17.0. The summed E-state index contributed by atoms with van der Waals surface area (Å²) in [6, 6.07) is 11.5. The van der Waals surface area contributed by atoms with E-state index < -0.39 is 0 Å². The van der Waals surface area contributed by atoms with Gasteiger partial charge in [-0.1, -0.05) is 26.8 Å². The number of carbonyl (C=O) groups excluding carboxylic acids is 1. The summed E-state index contributed by atoms with van der Waals surface area (Å²) < 4.78 is 11.2. The van der Waals surface area contributed by atoms with Crippen LogP contribution in [0.3, 0.4) is 0 Å². The van der Waals surface area contributed by atoms with Crippen LogP contribution in [0.15, 0.2) is 40.8 Å². The summed E-state index contributed by atoms with van der Waals surface area (Å²) in [6.07, 6.45) is 0.397. The molecule has 25 heavy (non-hydrogen) atoms. The van der Waals surface area contributed by atoms with Crippen LogP contribution in [-0.4, -0.2) is 18.0 Å². The van der Waals surface area contributed by atoms with Crippen LogP contribution < -0.4 is 10.1 Å². The molecule has 1 heterocycles. The van der Waals surface area contributed by atoms with E-state index in [9.17, 15) is 4.79 Å². The maximum Gasteiger partial charge on any atom is 0.227 e. The topological polar surface area (TPSA) is 64.4 Å². The minimum Gasteiger partial charge on any atom is -0.495 e. The summed E-state index contributed by atoms with van der Waals surface area (Å²) in [5.41, 5.74) is 4.19. The third-order valence-corrected chi connectivity index (χ3v) is 4.12. The van der Waals surface area contributed by atoms with Crippen molar-refractivity contribution in [3.63, 3.8) is 0 Å². The third-order valence-electron chi connectivity index (χ3n) is 4.12. The molecule has 130 valence electrons. The third kappa shape index (κ3) is 3.50. The lowest BCUT2D eigenvalue weighted by Crippen LogP contribution is -2.10. The molecule has 5 heteroatoms. The Balaban J connectivity index is 2.02. The van der Waals surface area contributed by atoms with E-state index in [1.807, 2.05) is 18.2 Å². The predicted octanol–water partition coefficient (Wildman–Crippen LogP) is 4.98. The summed E-state index contributed by atoms with van der Waals surface area (Å²) in [5.74, 6) is 1.48. The first-order chi connectivity index (χ1) is 12.0. The fourth-order valence-corrected chi connectivity index (χ4v) is 2.60. The minimum atomic E-state index is -0.0745. The van der Waals surface area contributed by atoms with Gasteiger partial charge < -0.3 is 14.5 Å². The molecule has 5 nitrogen and oxygen atoms in total. The van der Waals surface area contributed by atoms with Crippen molar-refractivity contribution >= 4 is 22.7 Å². The van der Waals surface area contributed by atoms with E-state index in [1.165, 1.54) is 5.56 Å². The number of methoxy groups -OCH3 is 1. The predicted molar refractivity (Wildman–Crippen MR) is 99.0 cm³/mol. The second-order valence-corrected chi connectivity index (χ2v) is 6.22. The van der Waals surface area contributed by atoms with Gasteiger partial charge in [0.1, 0.15) is 11.3 Å². The van der Waals surface area contributed by atoms with Gasteiger partial charge in [0.05, 0.1) is 12.8 Å². The van der Waals surface area contributed by atoms with Crippen LogP contribution >= 0.6 is 0 Å². The molecule has 0 radical (unpaired) electrons. The second-order valence-electron chi connectivity index (χ2n) is 6.22. The van der Waals surface area contributed by atoms with Crippen LogP contribution in [0.25, 0.3) is 22.6 Å². The van der Waals surface area contributed by atoms with Crippen molar-refractivity contribution in [2.45, 2.75) is 33.1 Å². The number of nitrogens with zero attached hydrogens (tertiary/aromatic N) is 1. The molecule has 0 aliphatic carbocycles. The highest BCUT2D eigenvalue weighted by Crippen LogP contribution is 2.32. The van der Waals surface area contributed by atoms with Crippen molar-refractivity contribution < 1.29 is 13.9 Å². The lowest BCUT2D eigenvalue weighted by Gasteiger charge is -2.10. The van der Waals surface area contributed by atoms with E-state index in [0.29, 0.717) is 29.7 Å². The molecule has 1 N–H and O–H groups in total. The second kappa shape index (κ2) is 6.97. The summed E-state index contributed by atoms with van der Waals surface area (Å²) in [5, 5.41) is 2.85. The van der Waals surface area contributed by atoms with Gasteiger partial charge in [0.2, 0.25) is 11.8 Å². The molecule has 1 amide bonds. The number of rotatable bonds is 5. The average Bonchev–Trinajstić information content (AvgIpc) is 3.04. The van der Waals surface area contributed by atoms with E-state index in [-0.39, 0.29) is 5.91 Å². The zero-order valence-corrected chi connectivity index (χ0v) is 14.9. The van der Waals surface area contributed by atoms with Crippen molar-refractivity contribution in [2.24, 2.45) is 0 Å². The standard InChI is InChI=1S/C20H22N2O3/c1-5-19(23)21-15-11-14(7-8-17(15)24-4)20-22-16-10-13(12(2)3)6-9-18(16)25-20/h6-12H,5H2,1-4H3,(H,21,23). The lowest BCUT2D eigenvalue weighted by atomic mass is 10.0. The van der Waals surface area contributed by atoms with Crippen molar-refractivity contribution in [1.82, 2.24) is 4.98 Å². The number of fused-ring (bicyclic) bond motifs is 1. The maximum absolute atomic E-state index is 11.7. The molecule has 2 aromatic carbocycles. The molecule has 3 rings (SSSR count). The van der Waals surface area contributed by atoms with Crippen molar-refractivity contribution in [1.29, 1.82) is 0 Å². The van der Waals surface area contributed by atoms with E-state index in [2.05, 4.69) is 36.3 Å². The molecule has 0 fully saturated rings. The van der Waals surface area contributed by atoms with E-state index in [1.54, 1.807) is 20.1 Å². The van der Waals surface area contributed by atoms with Gasteiger partial charge in [0, 0.05) is 12.0 Å². The fraction of sp³-hybridized carbons (Fsp3) is 0.300. The molecule has 3 aromatic rings. The van der Waals surface area contributed by atoms with Crippen LogP contribution in [0.2, 0.25) is 0 Å². The van der Waals surface area contributed by atoms with Gasteiger partial charge in [0.25, 0.3) is 0 Å². The number of aromatic nitrogens is 1. The summed E-state index contributed by atoms with van der Waals surface area (Å²) >= 11 is 0. The number of hydrogen-bond acceptors (Lipinski definition) is 4. The molecular formula is C20H22N2O3. The van der Waals surface area contributed by atoms with Gasteiger partial charge in [-0.3, -0.25) is 4.79 Å². The Hall–Kier alpha value is -2.82. The smallest absolute Gasteiger partial charge is 0.227 e. The monoisotopic (exact) mass is 338 g/mol. The molecule has 0 aliphatic heterocycles. The highest BCUT2D eigenvalue weighted by atomic mass is 16.5. The zero-order valence-electron chi connectivity index (χ0n) is 14.9. The van der Waals surface area contributed by atoms with E-state index >= 15 is 0 Å². The summed E-state index contributed by atoms with van der Waals surface area (Å²) in [4.78, 5) is 16.3. The van der Waals surface area contributed by atoms with Gasteiger partial charge in [-0.2, -0.15) is 0 Å². The number of hydrogen-bond donors (Lipinski definition) is 1. The zero-order chi connectivity index (χ0) is 18.0. The van der Waals surface area contributed by atoms with Gasteiger partial charge >= 0.3 is 0 Å². The molecule has 0 saturated heterocycles. The molecule has 0 atom stereocenters. The normalized spacial score (nSPS) is 11.1. The highest BCUT2D eigenvalue weighted by Gasteiger charge is 2.13. The minimum absolute atomic E-state index is 0.0745. The number of oxazole rings is 1. The van der Waals surface area contributed by atoms with Crippen LogP contribution in [0.4, 0.5) is 5.69 Å². The summed E-state index contributed by atoms with van der Waals surface area (Å²) in [7, 11) is 1.57. The number of ether oxygens (including phenoxy) is 1. The Morgan fingerprint density at radius 2 is 2.04 bits per heavy atom. The Morgan fingerprint density at radius 1 is 1.24 bits per heavy atom. The molecule has 0 saturated carbocycles. The van der Waals surface area contributed by atoms with Gasteiger partial charge in [-0.25, -0.2) is 4.98 Å². The Bertz CT molecular complexity index is 912. The lowest BCUT2D eigenvalue weighted by molar-refractivity contribution is -0.115. The number of anilines is 1. The number of benzene rings is 2. The first-order valence-corrected chi connectivity index (χ1v) is 8.40. The Labute approximate surface area is 147 Å². The molecule has 0 spiro atoms. The quantitative estimate of drug-likeness (QED) is 0.713. The van der Waals surface area contributed by atoms with Crippen molar-refractivity contribution in [3.8, 4) is 17.2 Å². The van der Waals surface area contributed by atoms with Gasteiger partial charge in [-0.05, 0) is 41.8 Å². The van der Waals surface area contributed by atoms with E-state index in [4.69, 9.17) is 9.15 Å². The number of carbonyl (C=O) groups is 1. The Morgan fingerprint density at radius 3 is 2.72 bits per heavy atom. The maximum atomic E-state index is 11.7. The average molecular weight is 338 g/mol. The molecule has 1 aromatic heterocycles. The number of amides is 1.